The molecule has 3 rings (SSSR count). The van der Waals surface area contributed by atoms with E-state index < -0.39 is 5.91 Å². The summed E-state index contributed by atoms with van der Waals surface area (Å²) in [5, 5.41) is 4.98. The number of fused-ring (bicyclic) bond motifs is 1. The van der Waals surface area contributed by atoms with Gasteiger partial charge in [0, 0.05) is 11.1 Å². The number of aryl methyl sites for hydroxylation is 1. The Morgan fingerprint density at radius 3 is 2.90 bits per heavy atom. The van der Waals surface area contributed by atoms with Crippen LogP contribution in [0.4, 0.5) is 5.95 Å². The van der Waals surface area contributed by atoms with E-state index in [0.717, 1.165) is 16.6 Å². The monoisotopic (exact) mass is 303 g/mol. The first-order valence-electron chi connectivity index (χ1n) is 6.25. The summed E-state index contributed by atoms with van der Waals surface area (Å²) < 4.78 is 1.50. The molecule has 0 aliphatic carbocycles. The lowest BCUT2D eigenvalue weighted by Crippen LogP contribution is -2.14. The van der Waals surface area contributed by atoms with Gasteiger partial charge in [-0.05, 0) is 18.6 Å². The number of carbonyl (C=O) groups is 1. The minimum atomic E-state index is -0.587. The molecular formula is C12H13N7OS. The van der Waals surface area contributed by atoms with Crippen molar-refractivity contribution in [3.05, 3.63) is 28.9 Å². The topological polar surface area (TPSA) is 125 Å². The van der Waals surface area contributed by atoms with Crippen LogP contribution in [0.3, 0.4) is 0 Å². The van der Waals surface area contributed by atoms with E-state index in [-0.39, 0.29) is 11.6 Å². The van der Waals surface area contributed by atoms with Gasteiger partial charge in [0.1, 0.15) is 10.5 Å². The largest absolute Gasteiger partial charge is 0.364 e. The van der Waals surface area contributed by atoms with E-state index in [1.807, 2.05) is 6.07 Å². The first kappa shape index (κ1) is 13.5. The highest BCUT2D eigenvalue weighted by atomic mass is 32.1. The van der Waals surface area contributed by atoms with Crippen molar-refractivity contribution in [3.8, 4) is 5.82 Å². The second-order valence-corrected chi connectivity index (χ2v) is 5.43. The second-order valence-electron chi connectivity index (χ2n) is 4.31. The van der Waals surface area contributed by atoms with E-state index >= 15 is 0 Å². The smallest absolute Gasteiger partial charge is 0.269 e. The average molecular weight is 303 g/mol. The lowest BCUT2D eigenvalue weighted by atomic mass is 10.3. The standard InChI is InChI=1S/C12H13N7OS/c1-2-6-5-7-10(15-12(17-14)16-11(7)21-6)19-4-3-8(18-19)9(13)20/h3-5H,2,14H2,1H3,(H2,13,20)(H,15,16,17). The predicted octanol–water partition coefficient (Wildman–Crippen LogP) is 0.824. The number of rotatable bonds is 4. The Morgan fingerprint density at radius 2 is 2.29 bits per heavy atom. The summed E-state index contributed by atoms with van der Waals surface area (Å²) in [6, 6.07) is 3.56. The van der Waals surface area contributed by atoms with Crippen LogP contribution in [0.2, 0.25) is 0 Å². The first-order valence-corrected chi connectivity index (χ1v) is 7.07. The van der Waals surface area contributed by atoms with Gasteiger partial charge in [-0.2, -0.15) is 10.1 Å². The number of aromatic nitrogens is 4. The highest BCUT2D eigenvalue weighted by Gasteiger charge is 2.14. The number of nitrogen functional groups attached to an aromatic ring is 1. The number of thiophene rings is 1. The lowest BCUT2D eigenvalue weighted by Gasteiger charge is -2.04. The Morgan fingerprint density at radius 1 is 1.48 bits per heavy atom. The molecule has 108 valence electrons. The van der Waals surface area contributed by atoms with Gasteiger partial charge in [-0.15, -0.1) is 11.3 Å². The quantitative estimate of drug-likeness (QED) is 0.484. The van der Waals surface area contributed by atoms with Gasteiger partial charge in [0.2, 0.25) is 5.95 Å². The Kier molecular flexibility index (Phi) is 3.28. The summed E-state index contributed by atoms with van der Waals surface area (Å²) in [4.78, 5) is 21.8. The Bertz CT molecular complexity index is 822. The second kappa shape index (κ2) is 5.11. The highest BCUT2D eigenvalue weighted by Crippen LogP contribution is 2.29. The fraction of sp³-hybridized carbons (Fsp3) is 0.167. The number of nitrogens with one attached hydrogen (secondary N) is 1. The van der Waals surface area contributed by atoms with Crippen molar-refractivity contribution in [3.63, 3.8) is 0 Å². The number of nitrogens with two attached hydrogens (primary N) is 2. The summed E-state index contributed by atoms with van der Waals surface area (Å²) in [6.07, 6.45) is 2.53. The SMILES string of the molecule is CCc1cc2c(-n3ccc(C(N)=O)n3)nc(NN)nc2s1. The van der Waals surface area contributed by atoms with Gasteiger partial charge in [-0.3, -0.25) is 10.2 Å². The number of hydrazine groups is 1. The molecule has 0 fully saturated rings. The summed E-state index contributed by atoms with van der Waals surface area (Å²) >= 11 is 1.57. The molecule has 0 bridgehead atoms. The maximum absolute atomic E-state index is 11.2. The fourth-order valence-electron chi connectivity index (χ4n) is 1.94. The van der Waals surface area contributed by atoms with Crippen LogP contribution in [0.15, 0.2) is 18.3 Å². The molecule has 9 heteroatoms. The molecule has 0 spiro atoms. The molecule has 3 aromatic rings. The number of hydrogen-bond acceptors (Lipinski definition) is 7. The molecule has 3 aromatic heterocycles. The zero-order valence-corrected chi connectivity index (χ0v) is 12.0. The van der Waals surface area contributed by atoms with Gasteiger partial charge in [0.25, 0.3) is 5.91 Å². The fourth-order valence-corrected chi connectivity index (χ4v) is 2.90. The molecule has 5 N–H and O–H groups in total. The van der Waals surface area contributed by atoms with Crippen molar-refractivity contribution in [2.24, 2.45) is 11.6 Å². The van der Waals surface area contributed by atoms with E-state index in [1.54, 1.807) is 23.6 Å². The van der Waals surface area contributed by atoms with Crippen LogP contribution < -0.4 is 17.0 Å². The third kappa shape index (κ3) is 2.32. The van der Waals surface area contributed by atoms with Crippen molar-refractivity contribution in [1.82, 2.24) is 19.7 Å². The van der Waals surface area contributed by atoms with E-state index in [0.29, 0.717) is 5.82 Å². The molecular weight excluding hydrogens is 290 g/mol. The van der Waals surface area contributed by atoms with E-state index in [2.05, 4.69) is 27.4 Å². The molecule has 0 aliphatic rings. The molecule has 21 heavy (non-hydrogen) atoms. The lowest BCUT2D eigenvalue weighted by molar-refractivity contribution is 0.0995. The van der Waals surface area contributed by atoms with Crippen molar-refractivity contribution in [1.29, 1.82) is 0 Å². The Balaban J connectivity index is 2.23. The molecule has 8 nitrogen and oxygen atoms in total. The van der Waals surface area contributed by atoms with Crippen LogP contribution in [0.5, 0.6) is 0 Å². The first-order chi connectivity index (χ1) is 10.1. The molecule has 0 aliphatic heterocycles. The van der Waals surface area contributed by atoms with Crippen molar-refractivity contribution in [2.75, 3.05) is 5.43 Å². The van der Waals surface area contributed by atoms with Crippen molar-refractivity contribution >= 4 is 33.4 Å². The summed E-state index contributed by atoms with van der Waals surface area (Å²) in [6.45, 7) is 2.07. The number of amides is 1. The third-order valence-electron chi connectivity index (χ3n) is 2.96. The molecule has 0 radical (unpaired) electrons. The predicted molar refractivity (Wildman–Crippen MR) is 80.2 cm³/mol. The van der Waals surface area contributed by atoms with E-state index in [1.165, 1.54) is 9.56 Å². The zero-order chi connectivity index (χ0) is 15.0. The van der Waals surface area contributed by atoms with Crippen LogP contribution >= 0.6 is 11.3 Å². The maximum atomic E-state index is 11.2. The molecule has 0 unspecified atom stereocenters. The number of hydrogen-bond donors (Lipinski definition) is 3. The van der Waals surface area contributed by atoms with Crippen molar-refractivity contribution in [2.45, 2.75) is 13.3 Å². The van der Waals surface area contributed by atoms with E-state index in [4.69, 9.17) is 11.6 Å². The van der Waals surface area contributed by atoms with Gasteiger partial charge in [-0.1, -0.05) is 6.92 Å². The van der Waals surface area contributed by atoms with Gasteiger partial charge in [0.05, 0.1) is 5.39 Å². The number of carbonyl (C=O) groups excluding carboxylic acids is 1. The molecule has 0 saturated carbocycles. The molecule has 1 amide bonds. The van der Waals surface area contributed by atoms with Gasteiger partial charge < -0.3 is 5.73 Å². The summed E-state index contributed by atoms with van der Waals surface area (Å²) in [5.41, 5.74) is 7.84. The zero-order valence-electron chi connectivity index (χ0n) is 11.2. The summed E-state index contributed by atoms with van der Waals surface area (Å²) in [7, 11) is 0. The van der Waals surface area contributed by atoms with Gasteiger partial charge in [-0.25, -0.2) is 15.5 Å². The highest BCUT2D eigenvalue weighted by molar-refractivity contribution is 7.18. The van der Waals surface area contributed by atoms with Gasteiger partial charge in [0.15, 0.2) is 5.82 Å². The van der Waals surface area contributed by atoms with Crippen LogP contribution in [0.25, 0.3) is 16.0 Å². The average Bonchev–Trinajstić information content (AvgIpc) is 3.12. The van der Waals surface area contributed by atoms with Crippen LogP contribution in [0, 0.1) is 0 Å². The van der Waals surface area contributed by atoms with E-state index in [9.17, 15) is 4.79 Å². The molecule has 0 aromatic carbocycles. The molecule has 0 atom stereocenters. The van der Waals surface area contributed by atoms with Crippen LogP contribution in [-0.2, 0) is 6.42 Å². The number of primary amides is 1. The number of anilines is 1. The minimum absolute atomic E-state index is 0.176. The Hall–Kier alpha value is -2.52. The normalized spacial score (nSPS) is 11.0. The molecule has 3 heterocycles. The summed E-state index contributed by atoms with van der Waals surface area (Å²) in [5.74, 6) is 5.66. The maximum Gasteiger partial charge on any atom is 0.269 e. The van der Waals surface area contributed by atoms with Gasteiger partial charge >= 0.3 is 0 Å². The van der Waals surface area contributed by atoms with Crippen LogP contribution in [0.1, 0.15) is 22.3 Å². The minimum Gasteiger partial charge on any atom is -0.364 e. The third-order valence-corrected chi connectivity index (χ3v) is 4.13. The van der Waals surface area contributed by atoms with Crippen LogP contribution in [-0.4, -0.2) is 25.7 Å². The number of nitrogens with zero attached hydrogens (tertiary/aromatic N) is 4. The molecule has 0 saturated heterocycles. The Labute approximate surface area is 123 Å². The van der Waals surface area contributed by atoms with Crippen molar-refractivity contribution < 1.29 is 4.79 Å².